The van der Waals surface area contributed by atoms with Crippen molar-refractivity contribution in [3.63, 3.8) is 0 Å². The SMILES string of the molecule is CCSc1cccc(NCC2(SC)CC2)c1C#N. The van der Waals surface area contributed by atoms with Crippen molar-refractivity contribution in [2.45, 2.75) is 29.4 Å². The van der Waals surface area contributed by atoms with Gasteiger partial charge >= 0.3 is 0 Å². The molecule has 4 heteroatoms. The minimum absolute atomic E-state index is 0.417. The van der Waals surface area contributed by atoms with Crippen LogP contribution in [0.5, 0.6) is 0 Å². The molecule has 0 radical (unpaired) electrons. The first-order valence-electron chi connectivity index (χ1n) is 6.19. The maximum atomic E-state index is 9.32. The third-order valence-electron chi connectivity index (χ3n) is 3.28. The number of anilines is 1. The van der Waals surface area contributed by atoms with Crippen LogP contribution in [0.25, 0.3) is 0 Å². The summed E-state index contributed by atoms with van der Waals surface area (Å²) >= 11 is 3.66. The van der Waals surface area contributed by atoms with Crippen LogP contribution >= 0.6 is 23.5 Å². The Morgan fingerprint density at radius 3 is 2.78 bits per heavy atom. The summed E-state index contributed by atoms with van der Waals surface area (Å²) < 4.78 is 0.417. The second-order valence-electron chi connectivity index (χ2n) is 4.46. The number of benzene rings is 1. The van der Waals surface area contributed by atoms with Crippen molar-refractivity contribution < 1.29 is 0 Å². The molecule has 0 atom stereocenters. The number of thioether (sulfide) groups is 2. The van der Waals surface area contributed by atoms with Gasteiger partial charge in [-0.05, 0) is 37.0 Å². The molecule has 0 amide bonds. The van der Waals surface area contributed by atoms with Crippen LogP contribution in [0, 0.1) is 11.3 Å². The quantitative estimate of drug-likeness (QED) is 0.799. The van der Waals surface area contributed by atoms with Gasteiger partial charge in [-0.3, -0.25) is 0 Å². The lowest BCUT2D eigenvalue weighted by Crippen LogP contribution is -2.18. The second-order valence-corrected chi connectivity index (χ2v) is 7.04. The molecule has 1 aromatic carbocycles. The number of nitrogens with zero attached hydrogens (tertiary/aromatic N) is 1. The van der Waals surface area contributed by atoms with E-state index in [0.29, 0.717) is 4.75 Å². The Morgan fingerprint density at radius 2 is 2.22 bits per heavy atom. The van der Waals surface area contributed by atoms with Crippen LogP contribution < -0.4 is 5.32 Å². The van der Waals surface area contributed by atoms with E-state index in [4.69, 9.17) is 0 Å². The molecule has 18 heavy (non-hydrogen) atoms. The summed E-state index contributed by atoms with van der Waals surface area (Å²) in [5, 5.41) is 12.8. The van der Waals surface area contributed by atoms with Gasteiger partial charge in [-0.15, -0.1) is 11.8 Å². The summed E-state index contributed by atoms with van der Waals surface area (Å²) in [5.41, 5.74) is 1.78. The van der Waals surface area contributed by atoms with Crippen molar-refractivity contribution in [1.29, 1.82) is 5.26 Å². The number of rotatable bonds is 6. The molecule has 1 N–H and O–H groups in total. The molecule has 2 nitrogen and oxygen atoms in total. The molecule has 1 fully saturated rings. The average Bonchev–Trinajstić information content (AvgIpc) is 3.17. The number of nitrogens with one attached hydrogen (secondary N) is 1. The minimum atomic E-state index is 0.417. The third-order valence-corrected chi connectivity index (χ3v) is 5.64. The van der Waals surface area contributed by atoms with Crippen LogP contribution in [0.3, 0.4) is 0 Å². The second kappa shape index (κ2) is 5.90. The summed E-state index contributed by atoms with van der Waals surface area (Å²) in [7, 11) is 0. The average molecular weight is 278 g/mol. The van der Waals surface area contributed by atoms with E-state index in [1.165, 1.54) is 12.8 Å². The highest BCUT2D eigenvalue weighted by atomic mass is 32.2. The summed E-state index contributed by atoms with van der Waals surface area (Å²) in [4.78, 5) is 1.08. The standard InChI is InChI=1S/C14H18N2S2/c1-3-18-13-6-4-5-12(11(13)9-15)16-10-14(17-2)7-8-14/h4-6,16H,3,7-8,10H2,1-2H3. The molecule has 0 unspecified atom stereocenters. The van der Waals surface area contributed by atoms with Crippen molar-refractivity contribution in [1.82, 2.24) is 0 Å². The molecule has 0 saturated heterocycles. The molecule has 0 aliphatic heterocycles. The summed E-state index contributed by atoms with van der Waals surface area (Å²) in [5.74, 6) is 0.993. The molecular weight excluding hydrogens is 260 g/mol. The zero-order valence-corrected chi connectivity index (χ0v) is 12.5. The van der Waals surface area contributed by atoms with Gasteiger partial charge < -0.3 is 5.32 Å². The summed E-state index contributed by atoms with van der Waals surface area (Å²) in [6.45, 7) is 3.07. The zero-order valence-electron chi connectivity index (χ0n) is 10.8. The Bertz CT molecular complexity index is 461. The van der Waals surface area contributed by atoms with Crippen LogP contribution in [-0.2, 0) is 0 Å². The molecule has 1 saturated carbocycles. The molecule has 2 rings (SSSR count). The molecule has 96 valence electrons. The van der Waals surface area contributed by atoms with E-state index in [9.17, 15) is 5.26 Å². The van der Waals surface area contributed by atoms with Gasteiger partial charge in [0.1, 0.15) is 6.07 Å². The number of hydrogen-bond acceptors (Lipinski definition) is 4. The predicted octanol–water partition coefficient (Wildman–Crippen LogP) is 3.98. The fraction of sp³-hybridized carbons (Fsp3) is 0.500. The molecule has 0 heterocycles. The predicted molar refractivity (Wildman–Crippen MR) is 81.5 cm³/mol. The van der Waals surface area contributed by atoms with Crippen LogP contribution in [0.4, 0.5) is 5.69 Å². The number of nitriles is 1. The maximum Gasteiger partial charge on any atom is 0.102 e. The van der Waals surface area contributed by atoms with Gasteiger partial charge in [0.2, 0.25) is 0 Å². The van der Waals surface area contributed by atoms with Crippen LogP contribution in [0.15, 0.2) is 23.1 Å². The fourth-order valence-electron chi connectivity index (χ4n) is 1.92. The Labute approximate surface area is 118 Å². The van der Waals surface area contributed by atoms with Gasteiger partial charge in [-0.1, -0.05) is 13.0 Å². The first-order chi connectivity index (χ1) is 8.74. The van der Waals surface area contributed by atoms with Crippen molar-refractivity contribution in [2.24, 2.45) is 0 Å². The highest BCUT2D eigenvalue weighted by molar-refractivity contribution is 8.00. The van der Waals surface area contributed by atoms with Gasteiger partial charge in [0.15, 0.2) is 0 Å². The Kier molecular flexibility index (Phi) is 4.47. The number of hydrogen-bond donors (Lipinski definition) is 1. The Hall–Kier alpha value is -0.790. The molecule has 1 aliphatic rings. The molecule has 1 aromatic rings. The molecule has 1 aliphatic carbocycles. The molecular formula is C14H18N2S2. The van der Waals surface area contributed by atoms with E-state index in [1.54, 1.807) is 11.8 Å². The maximum absolute atomic E-state index is 9.32. The lowest BCUT2D eigenvalue weighted by Gasteiger charge is -2.16. The monoisotopic (exact) mass is 278 g/mol. The molecule has 0 spiro atoms. The normalized spacial score (nSPS) is 16.1. The van der Waals surface area contributed by atoms with E-state index in [-0.39, 0.29) is 0 Å². The van der Waals surface area contributed by atoms with Crippen LogP contribution in [0.2, 0.25) is 0 Å². The summed E-state index contributed by atoms with van der Waals surface area (Å²) in [6.07, 6.45) is 4.74. The van der Waals surface area contributed by atoms with Crippen molar-refractivity contribution in [3.05, 3.63) is 23.8 Å². The van der Waals surface area contributed by atoms with Crippen molar-refractivity contribution >= 4 is 29.2 Å². The van der Waals surface area contributed by atoms with Gasteiger partial charge in [-0.2, -0.15) is 17.0 Å². The largest absolute Gasteiger partial charge is 0.383 e. The van der Waals surface area contributed by atoms with E-state index < -0.39 is 0 Å². The van der Waals surface area contributed by atoms with Gasteiger partial charge in [0.25, 0.3) is 0 Å². The van der Waals surface area contributed by atoms with Crippen LogP contribution in [-0.4, -0.2) is 23.3 Å². The zero-order chi connectivity index (χ0) is 13.0. The van der Waals surface area contributed by atoms with Gasteiger partial charge in [0, 0.05) is 16.2 Å². The highest BCUT2D eigenvalue weighted by Gasteiger charge is 2.41. The Balaban J connectivity index is 2.12. The highest BCUT2D eigenvalue weighted by Crippen LogP contribution is 2.47. The van der Waals surface area contributed by atoms with Crippen molar-refractivity contribution in [2.75, 3.05) is 23.9 Å². The lowest BCUT2D eigenvalue weighted by molar-refractivity contribution is 0.947. The smallest absolute Gasteiger partial charge is 0.102 e. The summed E-state index contributed by atoms with van der Waals surface area (Å²) in [6, 6.07) is 8.40. The Morgan fingerprint density at radius 1 is 1.44 bits per heavy atom. The van der Waals surface area contributed by atoms with Crippen molar-refractivity contribution in [3.8, 4) is 6.07 Å². The first-order valence-corrected chi connectivity index (χ1v) is 8.40. The first kappa shape index (κ1) is 13.6. The van der Waals surface area contributed by atoms with Crippen LogP contribution in [0.1, 0.15) is 25.3 Å². The van der Waals surface area contributed by atoms with Gasteiger partial charge in [0.05, 0.1) is 11.3 Å². The van der Waals surface area contributed by atoms with E-state index in [2.05, 4.69) is 24.6 Å². The lowest BCUT2D eigenvalue weighted by atomic mass is 10.2. The van der Waals surface area contributed by atoms with Gasteiger partial charge in [-0.25, -0.2) is 0 Å². The third kappa shape index (κ3) is 2.96. The molecule has 0 bridgehead atoms. The van der Waals surface area contributed by atoms with E-state index >= 15 is 0 Å². The van der Waals surface area contributed by atoms with E-state index in [0.717, 1.165) is 28.4 Å². The fourth-order valence-corrected chi connectivity index (χ4v) is 3.43. The molecule has 0 aromatic heterocycles. The van der Waals surface area contributed by atoms with E-state index in [1.807, 2.05) is 30.0 Å². The topological polar surface area (TPSA) is 35.8 Å². The minimum Gasteiger partial charge on any atom is -0.383 e.